The second kappa shape index (κ2) is 6.49. The van der Waals surface area contributed by atoms with Crippen molar-refractivity contribution in [2.24, 2.45) is 34.5 Å². The van der Waals surface area contributed by atoms with Gasteiger partial charge in [-0.1, -0.05) is 27.7 Å². The fraction of sp³-hybridized carbons (Fsp3) is 0.857. The fourth-order valence-corrected chi connectivity index (χ4v) is 6.79. The molecule has 4 fully saturated rings. The first-order chi connectivity index (χ1) is 12.4. The molecule has 0 N–H and O–H groups in total. The molecule has 0 aliphatic heterocycles. The molecule has 152 valence electrons. The Morgan fingerprint density at radius 2 is 1.26 bits per heavy atom. The SMILES string of the molecule is CC(=O)O[C@@H]1C[C@@H](C)[C@H]2[C@H]3[C@@H]1[C@]2(C)[C@H](OC(C)=O)C[C@@H](OC(C)=O)C3(C)C. The van der Waals surface area contributed by atoms with Crippen LogP contribution in [-0.4, -0.2) is 36.2 Å². The summed E-state index contributed by atoms with van der Waals surface area (Å²) >= 11 is 0. The molecular formula is C21H32O6. The van der Waals surface area contributed by atoms with Crippen LogP contribution < -0.4 is 0 Å². The summed E-state index contributed by atoms with van der Waals surface area (Å²) in [6, 6.07) is 0. The van der Waals surface area contributed by atoms with Crippen molar-refractivity contribution >= 4 is 17.9 Å². The van der Waals surface area contributed by atoms with Gasteiger partial charge < -0.3 is 14.2 Å². The maximum atomic E-state index is 11.9. The number of fused-ring (bicyclic) bond motifs is 2. The number of hydrogen-bond acceptors (Lipinski definition) is 6. The average Bonchev–Trinajstić information content (AvgIpc) is 2.58. The molecule has 4 rings (SSSR count). The lowest BCUT2D eigenvalue weighted by Crippen LogP contribution is -2.72. The van der Waals surface area contributed by atoms with Crippen molar-refractivity contribution in [3.8, 4) is 0 Å². The minimum absolute atomic E-state index is 0.0857. The highest BCUT2D eigenvalue weighted by atomic mass is 16.6. The molecule has 0 aromatic heterocycles. The number of esters is 3. The van der Waals surface area contributed by atoms with Gasteiger partial charge in [-0.15, -0.1) is 0 Å². The monoisotopic (exact) mass is 380 g/mol. The first-order valence-electron chi connectivity index (χ1n) is 9.92. The number of hydrogen-bond donors (Lipinski definition) is 0. The van der Waals surface area contributed by atoms with Gasteiger partial charge in [0.2, 0.25) is 0 Å². The minimum Gasteiger partial charge on any atom is -0.462 e. The van der Waals surface area contributed by atoms with Gasteiger partial charge in [0.15, 0.2) is 0 Å². The van der Waals surface area contributed by atoms with Crippen molar-refractivity contribution < 1.29 is 28.6 Å². The van der Waals surface area contributed by atoms with E-state index in [0.717, 1.165) is 6.42 Å². The van der Waals surface area contributed by atoms with Crippen molar-refractivity contribution in [3.63, 3.8) is 0 Å². The molecule has 0 spiro atoms. The molecular weight excluding hydrogens is 348 g/mol. The summed E-state index contributed by atoms with van der Waals surface area (Å²) in [6.45, 7) is 12.9. The van der Waals surface area contributed by atoms with Crippen molar-refractivity contribution in [2.45, 2.75) is 79.6 Å². The van der Waals surface area contributed by atoms with Crippen LogP contribution in [0, 0.1) is 34.5 Å². The van der Waals surface area contributed by atoms with Crippen LogP contribution in [0.25, 0.3) is 0 Å². The van der Waals surface area contributed by atoms with E-state index in [1.807, 2.05) is 0 Å². The number of rotatable bonds is 3. The van der Waals surface area contributed by atoms with Gasteiger partial charge in [-0.05, 0) is 24.2 Å². The predicted molar refractivity (Wildman–Crippen MR) is 97.4 cm³/mol. The summed E-state index contributed by atoms with van der Waals surface area (Å²) in [6.07, 6.45) is 0.384. The largest absolute Gasteiger partial charge is 0.462 e. The summed E-state index contributed by atoms with van der Waals surface area (Å²) in [7, 11) is 0. The van der Waals surface area contributed by atoms with Gasteiger partial charge in [-0.25, -0.2) is 0 Å². The molecule has 0 amide bonds. The quantitative estimate of drug-likeness (QED) is 0.553. The topological polar surface area (TPSA) is 78.9 Å². The van der Waals surface area contributed by atoms with Gasteiger partial charge in [0.05, 0.1) is 0 Å². The molecule has 0 heterocycles. The fourth-order valence-electron chi connectivity index (χ4n) is 6.79. The Morgan fingerprint density at radius 3 is 1.78 bits per heavy atom. The molecule has 4 saturated carbocycles. The third kappa shape index (κ3) is 2.95. The summed E-state index contributed by atoms with van der Waals surface area (Å²) < 4.78 is 17.3. The number of carbonyl (C=O) groups is 3. The van der Waals surface area contributed by atoms with Gasteiger partial charge in [-0.2, -0.15) is 0 Å². The van der Waals surface area contributed by atoms with Gasteiger partial charge >= 0.3 is 17.9 Å². The molecule has 27 heavy (non-hydrogen) atoms. The molecule has 0 unspecified atom stereocenters. The zero-order valence-electron chi connectivity index (χ0n) is 17.4. The van der Waals surface area contributed by atoms with Gasteiger partial charge in [0.1, 0.15) is 18.3 Å². The van der Waals surface area contributed by atoms with E-state index in [0.29, 0.717) is 18.3 Å². The molecule has 0 radical (unpaired) electrons. The van der Waals surface area contributed by atoms with Crippen LogP contribution in [-0.2, 0) is 28.6 Å². The van der Waals surface area contributed by atoms with Crippen LogP contribution in [0.1, 0.15) is 61.3 Å². The van der Waals surface area contributed by atoms with E-state index in [4.69, 9.17) is 14.2 Å². The predicted octanol–water partition coefficient (Wildman–Crippen LogP) is 3.12. The van der Waals surface area contributed by atoms with E-state index in [1.165, 1.54) is 20.8 Å². The van der Waals surface area contributed by atoms with Crippen molar-refractivity contribution in [3.05, 3.63) is 0 Å². The normalized spacial score (nSPS) is 44.3. The van der Waals surface area contributed by atoms with E-state index in [2.05, 4.69) is 27.7 Å². The van der Waals surface area contributed by atoms with E-state index >= 15 is 0 Å². The van der Waals surface area contributed by atoms with Gasteiger partial charge in [-0.3, -0.25) is 14.4 Å². The van der Waals surface area contributed by atoms with E-state index < -0.39 is 0 Å². The van der Waals surface area contributed by atoms with E-state index in [9.17, 15) is 14.4 Å². The van der Waals surface area contributed by atoms with Crippen molar-refractivity contribution in [2.75, 3.05) is 0 Å². The van der Waals surface area contributed by atoms with Gasteiger partial charge in [0, 0.05) is 43.9 Å². The second-order valence-electron chi connectivity index (χ2n) is 9.56. The smallest absolute Gasteiger partial charge is 0.302 e. The third-order valence-corrected chi connectivity index (χ3v) is 7.57. The Bertz CT molecular complexity index is 655. The highest BCUT2D eigenvalue weighted by Gasteiger charge is 2.76. The average molecular weight is 380 g/mol. The van der Waals surface area contributed by atoms with E-state index in [-0.39, 0.29) is 58.9 Å². The highest BCUT2D eigenvalue weighted by molar-refractivity contribution is 5.67. The van der Waals surface area contributed by atoms with E-state index in [1.54, 1.807) is 0 Å². The summed E-state index contributed by atoms with van der Waals surface area (Å²) in [5.74, 6) is 0.0330. The molecule has 6 nitrogen and oxygen atoms in total. The van der Waals surface area contributed by atoms with Crippen molar-refractivity contribution in [1.29, 1.82) is 0 Å². The maximum Gasteiger partial charge on any atom is 0.302 e. The highest BCUT2D eigenvalue weighted by Crippen LogP contribution is 2.74. The van der Waals surface area contributed by atoms with Crippen LogP contribution >= 0.6 is 0 Å². The standard InChI is InChI=1S/C21H32O6/c1-10-8-14(25-11(2)22)18-19-17(10)21(18,7)16(27-13(4)24)9-15(20(19,5)6)26-12(3)23/h10,14-19H,8-9H2,1-7H3/t10-,14-,15-,16-,17+,18-,19+,21-/m1/s1. The zero-order valence-corrected chi connectivity index (χ0v) is 17.4. The van der Waals surface area contributed by atoms with Crippen molar-refractivity contribution in [1.82, 2.24) is 0 Å². The molecule has 0 aromatic rings. The first kappa shape index (κ1) is 20.2. The summed E-state index contributed by atoms with van der Waals surface area (Å²) in [5.41, 5.74) is -0.594. The Balaban J connectivity index is 2.08. The molecule has 4 aliphatic rings. The molecule has 0 saturated heterocycles. The zero-order chi connectivity index (χ0) is 20.3. The molecule has 6 heteroatoms. The van der Waals surface area contributed by atoms with Crippen LogP contribution in [0.3, 0.4) is 0 Å². The lowest BCUT2D eigenvalue weighted by molar-refractivity contribution is -0.285. The Kier molecular flexibility index (Phi) is 4.84. The van der Waals surface area contributed by atoms with Crippen LogP contribution in [0.5, 0.6) is 0 Å². The molecule has 8 atom stereocenters. The lowest BCUT2D eigenvalue weighted by atomic mass is 9.35. The third-order valence-electron chi connectivity index (χ3n) is 7.57. The maximum absolute atomic E-state index is 11.9. The molecule has 4 aliphatic carbocycles. The van der Waals surface area contributed by atoms with Crippen LogP contribution in [0.2, 0.25) is 0 Å². The van der Waals surface area contributed by atoms with Crippen LogP contribution in [0.15, 0.2) is 0 Å². The molecule has 0 aromatic carbocycles. The first-order valence-corrected chi connectivity index (χ1v) is 9.92. The lowest BCUT2D eigenvalue weighted by Gasteiger charge is -2.70. The number of ether oxygens (including phenoxy) is 3. The van der Waals surface area contributed by atoms with Gasteiger partial charge in [0.25, 0.3) is 0 Å². The number of carbonyl (C=O) groups excluding carboxylic acids is 3. The summed E-state index contributed by atoms with van der Waals surface area (Å²) in [5, 5.41) is 0. The summed E-state index contributed by atoms with van der Waals surface area (Å²) in [4.78, 5) is 35.4. The van der Waals surface area contributed by atoms with Crippen LogP contribution in [0.4, 0.5) is 0 Å². The second-order valence-corrected chi connectivity index (χ2v) is 9.56. The Hall–Kier alpha value is -1.59. The Morgan fingerprint density at radius 1 is 0.741 bits per heavy atom. The molecule has 4 bridgehead atoms. The Labute approximate surface area is 161 Å². The minimum atomic E-state index is -0.367.